The molecule has 0 spiro atoms. The van der Waals surface area contributed by atoms with Crippen molar-refractivity contribution in [2.45, 2.75) is 25.7 Å². The summed E-state index contributed by atoms with van der Waals surface area (Å²) in [6.07, 6.45) is 1.33. The average molecular weight is 543 g/mol. The van der Waals surface area contributed by atoms with Crippen LogP contribution in [0.15, 0.2) is 58.5 Å². The van der Waals surface area contributed by atoms with Crippen LogP contribution in [0.5, 0.6) is 17.2 Å². The lowest BCUT2D eigenvalue weighted by molar-refractivity contribution is -0.384. The quantitative estimate of drug-likeness (QED) is 0.124. The molecule has 0 saturated heterocycles. The van der Waals surface area contributed by atoms with E-state index >= 15 is 0 Å². The highest BCUT2D eigenvalue weighted by atomic mass is 32.2. The second-order valence-corrected chi connectivity index (χ2v) is 9.76. The number of carbonyl (C=O) groups is 1. The Morgan fingerprint density at radius 1 is 1.00 bits per heavy atom. The molecule has 0 unspecified atom stereocenters. The van der Waals surface area contributed by atoms with E-state index in [1.165, 1.54) is 51.6 Å². The van der Waals surface area contributed by atoms with Gasteiger partial charge >= 0.3 is 5.97 Å². The third-order valence-corrected chi connectivity index (χ3v) is 6.59. The van der Waals surface area contributed by atoms with Crippen molar-refractivity contribution in [2.75, 3.05) is 24.4 Å². The number of hydrogen-bond donors (Lipinski definition) is 2. The largest absolute Gasteiger partial charge is 0.493 e. The average Bonchev–Trinajstić information content (AvgIpc) is 2.85. The molecule has 2 N–H and O–H groups in total. The van der Waals surface area contributed by atoms with Crippen LogP contribution < -0.4 is 24.4 Å². The molecule has 0 aromatic heterocycles. The predicted octanol–water partition coefficient (Wildman–Crippen LogP) is 4.40. The first-order chi connectivity index (χ1) is 17.9. The molecule has 3 aromatic carbocycles. The highest BCUT2D eigenvalue weighted by Gasteiger charge is 2.22. The van der Waals surface area contributed by atoms with Crippen LogP contribution >= 0.6 is 0 Å². The Hall–Kier alpha value is -4.65. The van der Waals surface area contributed by atoms with Gasteiger partial charge in [-0.2, -0.15) is 5.10 Å². The van der Waals surface area contributed by atoms with Crippen LogP contribution in [0.1, 0.15) is 23.6 Å². The predicted molar refractivity (Wildman–Crippen MR) is 142 cm³/mol. The zero-order valence-electron chi connectivity index (χ0n) is 21.3. The molecule has 0 aliphatic rings. The summed E-state index contributed by atoms with van der Waals surface area (Å²) in [5.41, 5.74) is 4.54. The molecule has 0 amide bonds. The topological polar surface area (TPSA) is 158 Å². The molecule has 3 rings (SSSR count). The third kappa shape index (κ3) is 6.56. The summed E-state index contributed by atoms with van der Waals surface area (Å²) >= 11 is 0. The first-order valence-electron chi connectivity index (χ1n) is 11.1. The van der Waals surface area contributed by atoms with Crippen LogP contribution in [0.4, 0.5) is 17.1 Å². The second-order valence-electron chi connectivity index (χ2n) is 8.08. The first kappa shape index (κ1) is 27.9. The minimum absolute atomic E-state index is 0.0350. The van der Waals surface area contributed by atoms with Crippen LogP contribution in [-0.4, -0.2) is 39.7 Å². The Kier molecular flexibility index (Phi) is 8.53. The minimum atomic E-state index is -4.10. The fourth-order valence-corrected chi connectivity index (χ4v) is 4.60. The number of nitrogens with one attached hydrogen (secondary N) is 2. The van der Waals surface area contributed by atoms with Crippen molar-refractivity contribution in [1.82, 2.24) is 0 Å². The van der Waals surface area contributed by atoms with Gasteiger partial charge in [0, 0.05) is 18.6 Å². The van der Waals surface area contributed by atoms with Gasteiger partial charge in [-0.15, -0.1) is 0 Å². The number of ether oxygens (including phenoxy) is 3. The van der Waals surface area contributed by atoms with E-state index in [1.54, 1.807) is 19.1 Å². The number of hydrazone groups is 1. The lowest BCUT2D eigenvalue weighted by atomic mass is 10.1. The second kappa shape index (κ2) is 11.6. The lowest BCUT2D eigenvalue weighted by Crippen LogP contribution is -2.14. The molecule has 13 heteroatoms. The summed E-state index contributed by atoms with van der Waals surface area (Å²) in [5.74, 6) is -0.0585. The maximum Gasteiger partial charge on any atom is 0.308 e. The molecule has 3 aromatic rings. The van der Waals surface area contributed by atoms with Crippen molar-refractivity contribution in [3.8, 4) is 17.2 Å². The Morgan fingerprint density at radius 3 is 2.18 bits per heavy atom. The summed E-state index contributed by atoms with van der Waals surface area (Å²) in [4.78, 5) is 22.1. The highest BCUT2D eigenvalue weighted by molar-refractivity contribution is 7.92. The van der Waals surface area contributed by atoms with E-state index in [-0.39, 0.29) is 27.8 Å². The molecule has 0 radical (unpaired) electrons. The van der Waals surface area contributed by atoms with Gasteiger partial charge in [-0.3, -0.25) is 25.1 Å². The molecular weight excluding hydrogens is 516 g/mol. The Balaban J connectivity index is 1.87. The fraction of sp³-hybridized carbons (Fsp3) is 0.200. The zero-order valence-corrected chi connectivity index (χ0v) is 22.1. The number of sulfonamides is 1. The van der Waals surface area contributed by atoms with Gasteiger partial charge in [0.25, 0.3) is 15.7 Å². The van der Waals surface area contributed by atoms with Crippen LogP contribution in [-0.2, 0) is 14.8 Å². The van der Waals surface area contributed by atoms with Crippen LogP contribution in [0.25, 0.3) is 0 Å². The molecule has 0 fully saturated rings. The van der Waals surface area contributed by atoms with Gasteiger partial charge in [-0.1, -0.05) is 17.7 Å². The van der Waals surface area contributed by atoms with Gasteiger partial charge in [0.05, 0.1) is 35.9 Å². The van der Waals surface area contributed by atoms with Crippen molar-refractivity contribution in [2.24, 2.45) is 5.10 Å². The van der Waals surface area contributed by atoms with Crippen LogP contribution in [0, 0.1) is 24.0 Å². The van der Waals surface area contributed by atoms with Gasteiger partial charge in [-0.05, 0) is 49.7 Å². The third-order valence-electron chi connectivity index (χ3n) is 5.23. The fourth-order valence-electron chi connectivity index (χ4n) is 3.45. The first-order valence-corrected chi connectivity index (χ1v) is 12.6. The van der Waals surface area contributed by atoms with Crippen molar-refractivity contribution in [1.29, 1.82) is 0 Å². The maximum atomic E-state index is 12.9. The van der Waals surface area contributed by atoms with Gasteiger partial charge in [0.1, 0.15) is 5.69 Å². The summed E-state index contributed by atoms with van der Waals surface area (Å²) in [5, 5.41) is 15.7. The van der Waals surface area contributed by atoms with Crippen molar-refractivity contribution < 1.29 is 32.3 Å². The van der Waals surface area contributed by atoms with E-state index in [2.05, 4.69) is 15.2 Å². The Labute approximate surface area is 219 Å². The maximum absolute atomic E-state index is 12.9. The molecule has 0 heterocycles. The number of esters is 1. The number of nitro benzene ring substituents is 1. The number of hydrogen-bond acceptors (Lipinski definition) is 10. The number of nitrogens with zero attached hydrogens (tertiary/aromatic N) is 2. The molecule has 0 aliphatic carbocycles. The van der Waals surface area contributed by atoms with Crippen molar-refractivity contribution in [3.05, 3.63) is 75.3 Å². The van der Waals surface area contributed by atoms with E-state index in [0.717, 1.165) is 11.6 Å². The molecular formula is C25H26N4O8S. The molecule has 38 heavy (non-hydrogen) atoms. The van der Waals surface area contributed by atoms with Gasteiger partial charge in [0.15, 0.2) is 11.5 Å². The molecule has 12 nitrogen and oxygen atoms in total. The minimum Gasteiger partial charge on any atom is -0.493 e. The number of aryl methyl sites for hydroxylation is 2. The molecule has 0 atom stereocenters. The number of benzene rings is 3. The van der Waals surface area contributed by atoms with Gasteiger partial charge in [-0.25, -0.2) is 8.42 Å². The molecule has 0 bridgehead atoms. The van der Waals surface area contributed by atoms with E-state index < -0.39 is 26.6 Å². The van der Waals surface area contributed by atoms with Crippen molar-refractivity contribution in [3.63, 3.8) is 0 Å². The Morgan fingerprint density at radius 2 is 1.63 bits per heavy atom. The summed E-state index contributed by atoms with van der Waals surface area (Å²) in [7, 11) is -1.33. The van der Waals surface area contributed by atoms with E-state index in [1.807, 2.05) is 13.0 Å². The molecule has 0 aliphatic heterocycles. The number of anilines is 2. The lowest BCUT2D eigenvalue weighted by Gasteiger charge is -2.13. The number of rotatable bonds is 10. The number of nitro groups is 1. The highest BCUT2D eigenvalue weighted by Crippen LogP contribution is 2.38. The van der Waals surface area contributed by atoms with E-state index in [9.17, 15) is 23.3 Å². The molecule has 200 valence electrons. The SMILES string of the molecule is COc1cc(/C=N\Nc2ccc(S(=O)(=O)Nc3ccc(C)cc3C)cc2[N+](=O)[O-])cc(OC)c1OC(C)=O. The van der Waals surface area contributed by atoms with E-state index in [0.29, 0.717) is 16.8 Å². The van der Waals surface area contributed by atoms with E-state index in [4.69, 9.17) is 14.2 Å². The summed E-state index contributed by atoms with van der Waals surface area (Å²) < 4.78 is 43.9. The molecule has 0 saturated carbocycles. The number of carbonyl (C=O) groups excluding carboxylic acids is 1. The van der Waals surface area contributed by atoms with Gasteiger partial charge < -0.3 is 14.2 Å². The number of methoxy groups -OCH3 is 2. The normalized spacial score (nSPS) is 11.2. The van der Waals surface area contributed by atoms with Gasteiger partial charge in [0.2, 0.25) is 5.75 Å². The zero-order chi connectivity index (χ0) is 28.0. The van der Waals surface area contributed by atoms with Crippen LogP contribution in [0.3, 0.4) is 0 Å². The van der Waals surface area contributed by atoms with Crippen LogP contribution in [0.2, 0.25) is 0 Å². The smallest absolute Gasteiger partial charge is 0.308 e. The summed E-state index contributed by atoms with van der Waals surface area (Å²) in [6, 6.07) is 11.7. The monoisotopic (exact) mass is 542 g/mol. The Bertz CT molecular complexity index is 1490. The standard InChI is InChI=1S/C25H26N4O8S/c1-15-6-8-20(16(2)10-15)28-38(33,34)19-7-9-21(22(13-19)29(31)32)27-26-14-18-11-23(35-4)25(37-17(3)30)24(12-18)36-5/h6-14,27-28H,1-5H3/b26-14-. The summed E-state index contributed by atoms with van der Waals surface area (Å²) in [6.45, 7) is 4.88. The van der Waals surface area contributed by atoms with Crippen molar-refractivity contribution >= 4 is 39.3 Å².